The number of nitrogens with zero attached hydrogens (tertiary/aromatic N) is 1. The van der Waals surface area contributed by atoms with Gasteiger partial charge in [-0.3, -0.25) is 4.79 Å². The van der Waals surface area contributed by atoms with Crippen molar-refractivity contribution in [2.45, 2.75) is 37.6 Å². The molecule has 2 rings (SSSR count). The highest BCUT2D eigenvalue weighted by Gasteiger charge is 2.13. The molecule has 21 heavy (non-hydrogen) atoms. The summed E-state index contributed by atoms with van der Waals surface area (Å²) in [7, 11) is 0. The van der Waals surface area contributed by atoms with Crippen molar-refractivity contribution < 1.29 is 4.79 Å². The van der Waals surface area contributed by atoms with Gasteiger partial charge < -0.3 is 5.32 Å². The number of nitrogens with one attached hydrogen (secondary N) is 1. The molecule has 0 atom stereocenters. The molecule has 1 heterocycles. The molecule has 0 aliphatic heterocycles. The van der Waals surface area contributed by atoms with Crippen molar-refractivity contribution in [3.05, 3.63) is 46.4 Å². The monoisotopic (exact) mass is 320 g/mol. The molecule has 0 radical (unpaired) electrons. The Morgan fingerprint density at radius 1 is 1.29 bits per heavy atom. The third-order valence-corrected chi connectivity index (χ3v) is 4.80. The van der Waals surface area contributed by atoms with Gasteiger partial charge in [-0.1, -0.05) is 32.9 Å². The first-order valence-corrected chi connectivity index (χ1v) is 8.70. The van der Waals surface area contributed by atoms with Crippen LogP contribution >= 0.6 is 23.1 Å². The van der Waals surface area contributed by atoms with Gasteiger partial charge in [0, 0.05) is 16.5 Å². The van der Waals surface area contributed by atoms with Crippen LogP contribution < -0.4 is 5.32 Å². The molecule has 0 aliphatic carbocycles. The number of hydrogen-bond acceptors (Lipinski definition) is 4. The molecular weight excluding hydrogens is 300 g/mol. The molecule has 5 heteroatoms. The molecule has 0 unspecified atom stereocenters. The molecule has 1 amide bonds. The molecule has 0 saturated heterocycles. The van der Waals surface area contributed by atoms with Crippen LogP contribution in [0, 0.1) is 0 Å². The summed E-state index contributed by atoms with van der Waals surface area (Å²) < 4.78 is 0. The number of benzene rings is 1. The second kappa shape index (κ2) is 7.09. The lowest BCUT2D eigenvalue weighted by atomic mass is 9.87. The largest absolute Gasteiger partial charge is 0.349 e. The van der Waals surface area contributed by atoms with Crippen molar-refractivity contribution in [2.24, 2.45) is 0 Å². The van der Waals surface area contributed by atoms with Crippen molar-refractivity contribution in [3.8, 4) is 0 Å². The van der Waals surface area contributed by atoms with E-state index in [4.69, 9.17) is 0 Å². The van der Waals surface area contributed by atoms with Crippen LogP contribution in [0.5, 0.6) is 0 Å². The second-order valence-corrected chi connectivity index (χ2v) is 7.79. The molecule has 112 valence electrons. The van der Waals surface area contributed by atoms with E-state index in [0.29, 0.717) is 12.3 Å². The topological polar surface area (TPSA) is 42.0 Å². The van der Waals surface area contributed by atoms with Crippen LogP contribution in [0.2, 0.25) is 0 Å². The number of thioether (sulfide) groups is 1. The average molecular weight is 320 g/mol. The first-order chi connectivity index (χ1) is 9.95. The predicted molar refractivity (Wildman–Crippen MR) is 89.8 cm³/mol. The molecule has 0 fully saturated rings. The number of carbonyl (C=O) groups is 1. The van der Waals surface area contributed by atoms with Crippen molar-refractivity contribution in [3.63, 3.8) is 0 Å². The Kier molecular flexibility index (Phi) is 5.42. The maximum Gasteiger partial charge on any atom is 0.230 e. The Morgan fingerprint density at radius 3 is 2.57 bits per heavy atom. The number of rotatable bonds is 5. The van der Waals surface area contributed by atoms with Gasteiger partial charge in [0.25, 0.3) is 0 Å². The Labute approximate surface area is 134 Å². The van der Waals surface area contributed by atoms with Gasteiger partial charge in [0.2, 0.25) is 5.91 Å². The van der Waals surface area contributed by atoms with Gasteiger partial charge in [0.05, 0.1) is 12.3 Å². The number of aromatic nitrogens is 1. The third kappa shape index (κ3) is 5.17. The van der Waals surface area contributed by atoms with Crippen LogP contribution in [-0.4, -0.2) is 16.6 Å². The van der Waals surface area contributed by atoms with E-state index in [9.17, 15) is 4.79 Å². The molecule has 1 aromatic heterocycles. The Bertz CT molecular complexity index is 571. The lowest BCUT2D eigenvalue weighted by molar-refractivity contribution is -0.118. The minimum atomic E-state index is 0.0371. The van der Waals surface area contributed by atoms with E-state index >= 15 is 0 Å². The standard InChI is InChI=1S/C16H20N2OS2/c1-16(2,3)12-4-6-13(7-5-12)21-11-14(19)18-10-15-17-8-9-20-15/h4-9H,10-11H2,1-3H3,(H,18,19). The van der Waals surface area contributed by atoms with Crippen LogP contribution in [0.25, 0.3) is 0 Å². The third-order valence-electron chi connectivity index (χ3n) is 3.01. The summed E-state index contributed by atoms with van der Waals surface area (Å²) in [6.45, 7) is 7.10. The molecule has 1 aromatic carbocycles. The summed E-state index contributed by atoms with van der Waals surface area (Å²) in [4.78, 5) is 17.0. The zero-order valence-corrected chi connectivity index (χ0v) is 14.2. The predicted octanol–water partition coefficient (Wildman–Crippen LogP) is 3.85. The highest BCUT2D eigenvalue weighted by atomic mass is 32.2. The first kappa shape index (κ1) is 16.0. The zero-order chi connectivity index (χ0) is 15.3. The zero-order valence-electron chi connectivity index (χ0n) is 12.6. The first-order valence-electron chi connectivity index (χ1n) is 6.83. The number of thiazole rings is 1. The number of amides is 1. The van der Waals surface area contributed by atoms with Crippen LogP contribution in [0.1, 0.15) is 31.3 Å². The Hall–Kier alpha value is -1.33. The second-order valence-electron chi connectivity index (χ2n) is 5.77. The van der Waals surface area contributed by atoms with Crippen LogP contribution in [0.3, 0.4) is 0 Å². The minimum absolute atomic E-state index is 0.0371. The van der Waals surface area contributed by atoms with Crippen LogP contribution in [0.15, 0.2) is 40.7 Å². The van der Waals surface area contributed by atoms with Gasteiger partial charge in [0.15, 0.2) is 0 Å². The number of hydrogen-bond donors (Lipinski definition) is 1. The highest BCUT2D eigenvalue weighted by molar-refractivity contribution is 8.00. The van der Waals surface area contributed by atoms with Gasteiger partial charge >= 0.3 is 0 Å². The fourth-order valence-electron chi connectivity index (χ4n) is 1.77. The van der Waals surface area contributed by atoms with E-state index in [-0.39, 0.29) is 11.3 Å². The molecule has 3 nitrogen and oxygen atoms in total. The molecule has 2 aromatic rings. The molecule has 1 N–H and O–H groups in total. The normalized spacial score (nSPS) is 11.4. The minimum Gasteiger partial charge on any atom is -0.349 e. The average Bonchev–Trinajstić information content (AvgIpc) is 2.95. The Morgan fingerprint density at radius 2 is 2.00 bits per heavy atom. The SMILES string of the molecule is CC(C)(C)c1ccc(SCC(=O)NCc2nccs2)cc1. The maximum absolute atomic E-state index is 11.8. The van der Waals surface area contributed by atoms with E-state index in [2.05, 4.69) is 55.3 Å². The van der Waals surface area contributed by atoms with Crippen LogP contribution in [-0.2, 0) is 16.8 Å². The van der Waals surface area contributed by atoms with Gasteiger partial charge in [0.1, 0.15) is 5.01 Å². The van der Waals surface area contributed by atoms with E-state index < -0.39 is 0 Å². The summed E-state index contributed by atoms with van der Waals surface area (Å²) in [5.74, 6) is 0.468. The molecule has 0 bridgehead atoms. The lowest BCUT2D eigenvalue weighted by Crippen LogP contribution is -2.24. The summed E-state index contributed by atoms with van der Waals surface area (Å²) in [5, 5.41) is 5.72. The maximum atomic E-state index is 11.8. The van der Waals surface area contributed by atoms with E-state index in [1.54, 1.807) is 29.3 Å². The number of carbonyl (C=O) groups excluding carboxylic acids is 1. The van der Waals surface area contributed by atoms with E-state index in [0.717, 1.165) is 9.90 Å². The summed E-state index contributed by atoms with van der Waals surface area (Å²) >= 11 is 3.11. The van der Waals surface area contributed by atoms with Crippen molar-refractivity contribution >= 4 is 29.0 Å². The van der Waals surface area contributed by atoms with Gasteiger partial charge in [-0.15, -0.1) is 23.1 Å². The smallest absolute Gasteiger partial charge is 0.230 e. The summed E-state index contributed by atoms with van der Waals surface area (Å²) in [6.07, 6.45) is 1.75. The highest BCUT2D eigenvalue weighted by Crippen LogP contribution is 2.25. The van der Waals surface area contributed by atoms with Crippen molar-refractivity contribution in [2.75, 3.05) is 5.75 Å². The van der Waals surface area contributed by atoms with Crippen molar-refractivity contribution in [1.29, 1.82) is 0 Å². The molecule has 0 spiro atoms. The fourth-order valence-corrected chi connectivity index (χ4v) is 3.05. The molecule has 0 aliphatic rings. The Balaban J connectivity index is 1.78. The summed E-state index contributed by atoms with van der Waals surface area (Å²) in [6, 6.07) is 8.43. The quantitative estimate of drug-likeness (QED) is 0.851. The lowest BCUT2D eigenvalue weighted by Gasteiger charge is -2.19. The van der Waals surface area contributed by atoms with E-state index in [1.807, 2.05) is 5.38 Å². The van der Waals surface area contributed by atoms with Crippen LogP contribution in [0.4, 0.5) is 0 Å². The van der Waals surface area contributed by atoms with Gasteiger partial charge in [-0.2, -0.15) is 0 Å². The van der Waals surface area contributed by atoms with Crippen molar-refractivity contribution in [1.82, 2.24) is 10.3 Å². The van der Waals surface area contributed by atoms with Gasteiger partial charge in [-0.25, -0.2) is 4.98 Å². The molecule has 0 saturated carbocycles. The molecular formula is C16H20N2OS2. The summed E-state index contributed by atoms with van der Waals surface area (Å²) in [5.41, 5.74) is 1.47. The van der Waals surface area contributed by atoms with E-state index in [1.165, 1.54) is 5.56 Å². The van der Waals surface area contributed by atoms with Gasteiger partial charge in [-0.05, 0) is 23.1 Å². The fraction of sp³-hybridized carbons (Fsp3) is 0.375.